The van der Waals surface area contributed by atoms with Gasteiger partial charge < -0.3 is 5.32 Å². The van der Waals surface area contributed by atoms with Crippen molar-refractivity contribution >= 4 is 17.5 Å². The van der Waals surface area contributed by atoms with Crippen molar-refractivity contribution in [2.45, 2.75) is 26.3 Å². The van der Waals surface area contributed by atoms with E-state index in [1.165, 1.54) is 0 Å². The minimum absolute atomic E-state index is 0.280. The molecule has 0 fully saturated rings. The van der Waals surface area contributed by atoms with E-state index < -0.39 is 5.91 Å². The molecule has 3 N–H and O–H groups in total. The first kappa shape index (κ1) is 19.2. The topological polar surface area (TPSA) is 109 Å². The molecule has 8 heteroatoms. The van der Waals surface area contributed by atoms with Crippen molar-refractivity contribution in [2.75, 3.05) is 5.32 Å². The summed E-state index contributed by atoms with van der Waals surface area (Å²) in [6, 6.07) is 12.1. The molecule has 0 atom stereocenters. The van der Waals surface area contributed by atoms with E-state index in [4.69, 9.17) is 5.21 Å². The SMILES string of the molecule is CCCc1cc(C(=O)Nc2ccncc2)nn1Cc1ccc(C(=O)NO)cc1. The summed E-state index contributed by atoms with van der Waals surface area (Å²) in [5, 5.41) is 16.0. The molecule has 8 nitrogen and oxygen atoms in total. The lowest BCUT2D eigenvalue weighted by atomic mass is 10.1. The number of hydrogen-bond acceptors (Lipinski definition) is 5. The average Bonchev–Trinajstić information content (AvgIpc) is 3.11. The summed E-state index contributed by atoms with van der Waals surface area (Å²) in [6.07, 6.45) is 4.93. The van der Waals surface area contributed by atoms with Gasteiger partial charge in [0.1, 0.15) is 0 Å². The van der Waals surface area contributed by atoms with E-state index in [0.29, 0.717) is 23.5 Å². The van der Waals surface area contributed by atoms with Crippen molar-refractivity contribution in [2.24, 2.45) is 0 Å². The fourth-order valence-corrected chi connectivity index (χ4v) is 2.79. The molecule has 0 saturated carbocycles. The third kappa shape index (κ3) is 4.60. The lowest BCUT2D eigenvalue weighted by Gasteiger charge is -2.07. The molecule has 28 heavy (non-hydrogen) atoms. The molecule has 0 saturated heterocycles. The summed E-state index contributed by atoms with van der Waals surface area (Å²) in [4.78, 5) is 27.9. The molecule has 0 radical (unpaired) electrons. The van der Waals surface area contributed by atoms with Crippen molar-refractivity contribution in [3.63, 3.8) is 0 Å². The molecule has 3 rings (SSSR count). The molecular formula is C20H21N5O3. The molecular weight excluding hydrogens is 358 g/mol. The number of aryl methyl sites for hydroxylation is 1. The second kappa shape index (κ2) is 8.92. The molecule has 0 bridgehead atoms. The van der Waals surface area contributed by atoms with Crippen LogP contribution in [0.25, 0.3) is 0 Å². The Morgan fingerprint density at radius 3 is 2.43 bits per heavy atom. The highest BCUT2D eigenvalue weighted by atomic mass is 16.5. The molecule has 0 aliphatic carbocycles. The quantitative estimate of drug-likeness (QED) is 0.432. The minimum atomic E-state index is -0.563. The maximum Gasteiger partial charge on any atom is 0.276 e. The first-order valence-corrected chi connectivity index (χ1v) is 8.92. The second-order valence-electron chi connectivity index (χ2n) is 6.26. The van der Waals surface area contributed by atoms with Gasteiger partial charge in [-0.25, -0.2) is 5.48 Å². The summed E-state index contributed by atoms with van der Waals surface area (Å²) in [7, 11) is 0. The highest BCUT2D eigenvalue weighted by Crippen LogP contribution is 2.14. The van der Waals surface area contributed by atoms with Crippen LogP contribution in [0.2, 0.25) is 0 Å². The lowest BCUT2D eigenvalue weighted by molar-refractivity contribution is 0.0706. The summed E-state index contributed by atoms with van der Waals surface area (Å²) in [5.41, 5.74) is 4.85. The molecule has 0 spiro atoms. The summed E-state index contributed by atoms with van der Waals surface area (Å²) in [6.45, 7) is 2.54. The zero-order valence-electron chi connectivity index (χ0n) is 15.4. The van der Waals surface area contributed by atoms with Gasteiger partial charge in [-0.15, -0.1) is 0 Å². The molecule has 0 aliphatic rings. The van der Waals surface area contributed by atoms with Crippen LogP contribution in [0.5, 0.6) is 0 Å². The largest absolute Gasteiger partial charge is 0.320 e. The van der Waals surface area contributed by atoms with E-state index in [1.54, 1.807) is 65.0 Å². The first-order chi connectivity index (χ1) is 13.6. The Morgan fingerprint density at radius 2 is 1.79 bits per heavy atom. The van der Waals surface area contributed by atoms with Gasteiger partial charge in [0.15, 0.2) is 5.69 Å². The maximum atomic E-state index is 12.5. The van der Waals surface area contributed by atoms with Gasteiger partial charge in [-0.05, 0) is 42.3 Å². The van der Waals surface area contributed by atoms with E-state index in [-0.39, 0.29) is 5.91 Å². The van der Waals surface area contributed by atoms with Crippen LogP contribution in [0.15, 0.2) is 54.9 Å². The smallest absolute Gasteiger partial charge is 0.276 e. The predicted molar refractivity (Wildman–Crippen MR) is 103 cm³/mol. The number of benzene rings is 1. The number of nitrogens with one attached hydrogen (secondary N) is 2. The Balaban J connectivity index is 1.78. The number of nitrogens with zero attached hydrogens (tertiary/aromatic N) is 3. The highest BCUT2D eigenvalue weighted by molar-refractivity contribution is 6.02. The Hall–Kier alpha value is -3.52. The van der Waals surface area contributed by atoms with Crippen LogP contribution in [-0.4, -0.2) is 31.8 Å². The number of pyridine rings is 1. The van der Waals surface area contributed by atoms with Crippen molar-refractivity contribution in [1.82, 2.24) is 20.2 Å². The third-order valence-electron chi connectivity index (χ3n) is 4.19. The van der Waals surface area contributed by atoms with Crippen molar-refractivity contribution in [3.05, 3.63) is 77.4 Å². The van der Waals surface area contributed by atoms with Crippen molar-refractivity contribution in [3.8, 4) is 0 Å². The first-order valence-electron chi connectivity index (χ1n) is 8.92. The van der Waals surface area contributed by atoms with Gasteiger partial charge in [0.05, 0.1) is 6.54 Å². The van der Waals surface area contributed by atoms with Crippen LogP contribution in [-0.2, 0) is 13.0 Å². The van der Waals surface area contributed by atoms with Crippen LogP contribution in [0, 0.1) is 0 Å². The van der Waals surface area contributed by atoms with E-state index in [0.717, 1.165) is 24.1 Å². The molecule has 3 aromatic rings. The van der Waals surface area contributed by atoms with Gasteiger partial charge in [0, 0.05) is 29.3 Å². The highest BCUT2D eigenvalue weighted by Gasteiger charge is 2.15. The van der Waals surface area contributed by atoms with Crippen LogP contribution in [0.3, 0.4) is 0 Å². The van der Waals surface area contributed by atoms with E-state index in [2.05, 4.69) is 22.3 Å². The van der Waals surface area contributed by atoms with Crippen LogP contribution < -0.4 is 10.8 Å². The van der Waals surface area contributed by atoms with Crippen LogP contribution >= 0.6 is 0 Å². The maximum absolute atomic E-state index is 12.5. The minimum Gasteiger partial charge on any atom is -0.320 e. The Kier molecular flexibility index (Phi) is 6.13. The number of carbonyl (C=O) groups excluding carboxylic acids is 2. The zero-order chi connectivity index (χ0) is 19.9. The van der Waals surface area contributed by atoms with E-state index in [1.807, 2.05) is 0 Å². The summed E-state index contributed by atoms with van der Waals surface area (Å²) < 4.78 is 1.80. The average molecular weight is 379 g/mol. The predicted octanol–water partition coefficient (Wildman–Crippen LogP) is 2.65. The van der Waals surface area contributed by atoms with E-state index in [9.17, 15) is 9.59 Å². The zero-order valence-corrected chi connectivity index (χ0v) is 15.4. The lowest BCUT2D eigenvalue weighted by Crippen LogP contribution is -2.18. The molecule has 2 heterocycles. The van der Waals surface area contributed by atoms with Gasteiger partial charge in [0.25, 0.3) is 11.8 Å². The van der Waals surface area contributed by atoms with Gasteiger partial charge in [-0.3, -0.25) is 24.5 Å². The molecule has 0 aliphatic heterocycles. The number of rotatable bonds is 7. The van der Waals surface area contributed by atoms with E-state index >= 15 is 0 Å². The number of amides is 2. The Labute approximate surface area is 162 Å². The summed E-state index contributed by atoms with van der Waals surface area (Å²) in [5.74, 6) is -0.843. The third-order valence-corrected chi connectivity index (χ3v) is 4.19. The Bertz CT molecular complexity index is 952. The standard InChI is InChI=1S/C20H21N5O3/c1-2-3-17-12-18(20(27)22-16-8-10-21-11-9-16)23-25(17)13-14-4-6-15(7-5-14)19(26)24-28/h4-12,28H,2-3,13H2,1H3,(H,24,26)(H,21,22,27). The molecule has 0 unspecified atom stereocenters. The molecule has 2 amide bonds. The molecule has 2 aromatic heterocycles. The van der Waals surface area contributed by atoms with Gasteiger partial charge >= 0.3 is 0 Å². The molecule has 144 valence electrons. The summed E-state index contributed by atoms with van der Waals surface area (Å²) >= 11 is 0. The fraction of sp³-hybridized carbons (Fsp3) is 0.200. The van der Waals surface area contributed by atoms with Crippen LogP contribution in [0.1, 0.15) is 45.4 Å². The molecule has 1 aromatic carbocycles. The van der Waals surface area contributed by atoms with Gasteiger partial charge in [-0.1, -0.05) is 25.5 Å². The second-order valence-corrected chi connectivity index (χ2v) is 6.26. The van der Waals surface area contributed by atoms with Gasteiger partial charge in [-0.2, -0.15) is 5.10 Å². The number of aromatic nitrogens is 3. The fourth-order valence-electron chi connectivity index (χ4n) is 2.79. The monoisotopic (exact) mass is 379 g/mol. The number of anilines is 1. The van der Waals surface area contributed by atoms with Gasteiger partial charge in [0.2, 0.25) is 0 Å². The number of hydroxylamine groups is 1. The van der Waals surface area contributed by atoms with Crippen molar-refractivity contribution in [1.29, 1.82) is 0 Å². The van der Waals surface area contributed by atoms with Crippen molar-refractivity contribution < 1.29 is 14.8 Å². The normalized spacial score (nSPS) is 10.5. The Morgan fingerprint density at radius 1 is 1.07 bits per heavy atom. The number of hydrogen-bond donors (Lipinski definition) is 3. The number of carbonyl (C=O) groups is 2. The van der Waals surface area contributed by atoms with Crippen LogP contribution in [0.4, 0.5) is 5.69 Å².